The van der Waals surface area contributed by atoms with E-state index in [-0.39, 0.29) is 0 Å². The molecule has 0 amide bonds. The second-order valence-corrected chi connectivity index (χ2v) is 8.32. The van der Waals surface area contributed by atoms with Crippen LogP contribution in [0.3, 0.4) is 0 Å². The molecule has 0 heteroatoms. The van der Waals surface area contributed by atoms with Gasteiger partial charge in [-0.2, -0.15) is 0 Å². The maximum absolute atomic E-state index is 4.15. The molecule has 4 bridgehead atoms. The highest BCUT2D eigenvalue weighted by Crippen LogP contribution is 2.74. The Morgan fingerprint density at radius 1 is 0.833 bits per heavy atom. The molecule has 5 rings (SSSR count). The summed E-state index contributed by atoms with van der Waals surface area (Å²) in [5.41, 5.74) is 0. The third kappa shape index (κ3) is 0.991. The van der Waals surface area contributed by atoms with E-state index in [0.29, 0.717) is 0 Å². The van der Waals surface area contributed by atoms with Gasteiger partial charge in [0.15, 0.2) is 0 Å². The van der Waals surface area contributed by atoms with E-state index in [9.17, 15) is 0 Å². The Bertz CT molecular complexity index is 397. The minimum atomic E-state index is 0.875. The van der Waals surface area contributed by atoms with Crippen LogP contribution in [0.4, 0.5) is 0 Å². The van der Waals surface area contributed by atoms with E-state index in [1.165, 1.54) is 18.3 Å². The molecule has 0 nitrogen and oxygen atoms in total. The fourth-order valence-electron chi connectivity index (χ4n) is 8.08. The van der Waals surface area contributed by atoms with Crippen molar-refractivity contribution < 1.29 is 0 Å². The number of hydrogen-bond acceptors (Lipinski definition) is 0. The molecule has 0 aromatic carbocycles. The SMILES string of the molecule is C=CC1CC(C)C2C3CC(C12)C1C2CCC(C2)C31. The highest BCUT2D eigenvalue weighted by atomic mass is 14.7. The molecule has 0 N–H and O–H groups in total. The molecule has 10 unspecified atom stereocenters. The van der Waals surface area contributed by atoms with Crippen LogP contribution >= 0.6 is 0 Å². The third-order valence-corrected chi connectivity index (χ3v) is 8.11. The summed E-state index contributed by atoms with van der Waals surface area (Å²) in [6, 6.07) is 0. The van der Waals surface area contributed by atoms with Crippen molar-refractivity contribution in [1.29, 1.82) is 0 Å². The van der Waals surface area contributed by atoms with E-state index in [1.54, 1.807) is 25.7 Å². The van der Waals surface area contributed by atoms with Gasteiger partial charge < -0.3 is 0 Å². The summed E-state index contributed by atoms with van der Waals surface area (Å²) < 4.78 is 0. The highest BCUT2D eigenvalue weighted by molar-refractivity contribution is 5.18. The summed E-state index contributed by atoms with van der Waals surface area (Å²) in [5.74, 6) is 10.9. The van der Waals surface area contributed by atoms with Crippen molar-refractivity contribution >= 4 is 0 Å². The van der Waals surface area contributed by atoms with E-state index in [0.717, 1.165) is 47.3 Å². The predicted octanol–water partition coefficient (Wildman–Crippen LogP) is 4.37. The molecule has 0 aromatic rings. The Balaban J connectivity index is 1.56. The lowest BCUT2D eigenvalue weighted by molar-refractivity contribution is 0.0508. The van der Waals surface area contributed by atoms with Crippen LogP contribution in [-0.4, -0.2) is 0 Å². The van der Waals surface area contributed by atoms with Gasteiger partial charge in [0, 0.05) is 0 Å². The molecule has 0 saturated heterocycles. The molecule has 5 aliphatic carbocycles. The van der Waals surface area contributed by atoms with Gasteiger partial charge in [-0.1, -0.05) is 13.0 Å². The molecular formula is C18H26. The van der Waals surface area contributed by atoms with Crippen molar-refractivity contribution in [1.82, 2.24) is 0 Å². The fourth-order valence-corrected chi connectivity index (χ4v) is 8.08. The van der Waals surface area contributed by atoms with E-state index in [2.05, 4.69) is 19.6 Å². The zero-order valence-corrected chi connectivity index (χ0v) is 11.6. The van der Waals surface area contributed by atoms with Gasteiger partial charge in [-0.05, 0) is 91.3 Å². The summed E-state index contributed by atoms with van der Waals surface area (Å²) in [6.45, 7) is 6.70. The van der Waals surface area contributed by atoms with Crippen LogP contribution in [0.25, 0.3) is 0 Å². The third-order valence-electron chi connectivity index (χ3n) is 8.11. The topological polar surface area (TPSA) is 0 Å². The smallest absolute Gasteiger partial charge is 0.0200 e. The van der Waals surface area contributed by atoms with Crippen molar-refractivity contribution in [2.75, 3.05) is 0 Å². The molecular weight excluding hydrogens is 216 g/mol. The lowest BCUT2D eigenvalue weighted by atomic mass is 9.62. The predicted molar refractivity (Wildman–Crippen MR) is 73.9 cm³/mol. The molecule has 0 aromatic heterocycles. The molecule has 5 fully saturated rings. The van der Waals surface area contributed by atoms with Crippen LogP contribution in [0.1, 0.15) is 39.0 Å². The van der Waals surface area contributed by atoms with Gasteiger partial charge in [-0.15, -0.1) is 6.58 Å². The van der Waals surface area contributed by atoms with Gasteiger partial charge in [0.05, 0.1) is 0 Å². The van der Waals surface area contributed by atoms with Crippen LogP contribution < -0.4 is 0 Å². The first kappa shape index (κ1) is 10.5. The first-order valence-electron chi connectivity index (χ1n) is 8.42. The van der Waals surface area contributed by atoms with Gasteiger partial charge in [-0.3, -0.25) is 0 Å². The molecule has 5 saturated carbocycles. The standard InChI is InChI=1S/C18H26/c1-3-10-6-9(2)15-13-8-14(16(10)15)18-12-5-4-11(7-12)17(13)18/h3,9-18H,1,4-8H2,2H3. The molecule has 10 atom stereocenters. The lowest BCUT2D eigenvalue weighted by Gasteiger charge is -2.43. The van der Waals surface area contributed by atoms with Crippen LogP contribution in [0, 0.1) is 59.2 Å². The molecule has 0 radical (unpaired) electrons. The fraction of sp³-hybridized carbons (Fsp3) is 0.889. The van der Waals surface area contributed by atoms with Crippen molar-refractivity contribution in [2.45, 2.75) is 39.0 Å². The van der Waals surface area contributed by atoms with Crippen molar-refractivity contribution in [3.05, 3.63) is 12.7 Å². The van der Waals surface area contributed by atoms with Crippen LogP contribution in [0.2, 0.25) is 0 Å². The Morgan fingerprint density at radius 2 is 1.50 bits per heavy atom. The second-order valence-electron chi connectivity index (χ2n) is 8.32. The lowest BCUT2D eigenvalue weighted by Crippen LogP contribution is -2.38. The van der Waals surface area contributed by atoms with Gasteiger partial charge in [-0.25, -0.2) is 0 Å². The van der Waals surface area contributed by atoms with Crippen molar-refractivity contribution in [3.8, 4) is 0 Å². The minimum absolute atomic E-state index is 0.875. The van der Waals surface area contributed by atoms with Gasteiger partial charge in [0.1, 0.15) is 0 Å². The monoisotopic (exact) mass is 242 g/mol. The van der Waals surface area contributed by atoms with Crippen LogP contribution in [-0.2, 0) is 0 Å². The van der Waals surface area contributed by atoms with Crippen molar-refractivity contribution in [3.63, 3.8) is 0 Å². The average molecular weight is 242 g/mol. The van der Waals surface area contributed by atoms with E-state index >= 15 is 0 Å². The summed E-state index contributed by atoms with van der Waals surface area (Å²) >= 11 is 0. The summed E-state index contributed by atoms with van der Waals surface area (Å²) in [6.07, 6.45) is 10.2. The van der Waals surface area contributed by atoms with Crippen molar-refractivity contribution in [2.24, 2.45) is 59.2 Å². The maximum Gasteiger partial charge on any atom is -0.0200 e. The number of rotatable bonds is 1. The maximum atomic E-state index is 4.15. The molecule has 0 spiro atoms. The van der Waals surface area contributed by atoms with Gasteiger partial charge >= 0.3 is 0 Å². The Labute approximate surface area is 111 Å². The molecule has 18 heavy (non-hydrogen) atoms. The number of allylic oxidation sites excluding steroid dienone is 1. The van der Waals surface area contributed by atoms with Gasteiger partial charge in [0.25, 0.3) is 0 Å². The Kier molecular flexibility index (Phi) is 1.90. The normalized spacial score (nSPS) is 67.4. The summed E-state index contributed by atoms with van der Waals surface area (Å²) in [7, 11) is 0. The largest absolute Gasteiger partial charge is 0.103 e. The van der Waals surface area contributed by atoms with Gasteiger partial charge in [0.2, 0.25) is 0 Å². The summed E-state index contributed by atoms with van der Waals surface area (Å²) in [5, 5.41) is 0. The Hall–Kier alpha value is -0.260. The van der Waals surface area contributed by atoms with E-state index < -0.39 is 0 Å². The van der Waals surface area contributed by atoms with E-state index in [1.807, 2.05) is 0 Å². The zero-order valence-electron chi connectivity index (χ0n) is 11.6. The zero-order chi connectivity index (χ0) is 12.0. The molecule has 98 valence electrons. The Morgan fingerprint density at radius 3 is 2.17 bits per heavy atom. The summed E-state index contributed by atoms with van der Waals surface area (Å²) in [4.78, 5) is 0. The quantitative estimate of drug-likeness (QED) is 0.473. The molecule has 0 heterocycles. The number of hydrogen-bond donors (Lipinski definition) is 0. The second kappa shape index (κ2) is 3.25. The minimum Gasteiger partial charge on any atom is -0.103 e. The van der Waals surface area contributed by atoms with Crippen LogP contribution in [0.15, 0.2) is 12.7 Å². The average Bonchev–Trinajstić information content (AvgIpc) is 3.12. The highest BCUT2D eigenvalue weighted by Gasteiger charge is 2.68. The first-order chi connectivity index (χ1) is 8.79. The first-order valence-corrected chi connectivity index (χ1v) is 8.42. The molecule has 5 aliphatic rings. The van der Waals surface area contributed by atoms with Crippen LogP contribution in [0.5, 0.6) is 0 Å². The molecule has 0 aliphatic heterocycles. The van der Waals surface area contributed by atoms with E-state index in [4.69, 9.17) is 0 Å². The number of fused-ring (bicyclic) bond motifs is 12.